The molecular weight excluding hydrogens is 240 g/mol. The van der Waals surface area contributed by atoms with Crippen LogP contribution in [0.15, 0.2) is 22.7 Å². The number of methoxy groups -OCH3 is 1. The minimum Gasteiger partial charge on any atom is -0.496 e. The lowest BCUT2D eigenvalue weighted by molar-refractivity contribution is 0.410. The van der Waals surface area contributed by atoms with Crippen molar-refractivity contribution in [3.63, 3.8) is 0 Å². The van der Waals surface area contributed by atoms with Crippen molar-refractivity contribution in [3.8, 4) is 16.9 Å². The maximum atomic E-state index is 5.94. The van der Waals surface area contributed by atoms with Crippen molar-refractivity contribution in [2.45, 2.75) is 32.1 Å². The molecule has 100 valence electrons. The summed E-state index contributed by atoms with van der Waals surface area (Å²) in [5.41, 5.74) is 10.1. The summed E-state index contributed by atoms with van der Waals surface area (Å²) in [6.45, 7) is 2.11. The SMILES string of the molecule is CCc1cc(-c2c(C3CC3)noc2N)ccc1OC. The second-order valence-corrected chi connectivity index (χ2v) is 4.96. The first-order valence-electron chi connectivity index (χ1n) is 6.67. The fourth-order valence-corrected chi connectivity index (χ4v) is 2.45. The van der Waals surface area contributed by atoms with E-state index >= 15 is 0 Å². The molecule has 2 aromatic rings. The molecule has 1 aromatic carbocycles. The predicted molar refractivity (Wildman–Crippen MR) is 74.3 cm³/mol. The fourth-order valence-electron chi connectivity index (χ4n) is 2.45. The summed E-state index contributed by atoms with van der Waals surface area (Å²) in [6.07, 6.45) is 3.27. The first-order chi connectivity index (χ1) is 9.24. The van der Waals surface area contributed by atoms with Crippen LogP contribution in [0.3, 0.4) is 0 Å². The lowest BCUT2D eigenvalue weighted by Crippen LogP contribution is -1.94. The number of hydrogen-bond donors (Lipinski definition) is 1. The first-order valence-corrected chi connectivity index (χ1v) is 6.67. The molecule has 0 aliphatic heterocycles. The minimum atomic E-state index is 0.411. The topological polar surface area (TPSA) is 61.3 Å². The minimum absolute atomic E-state index is 0.411. The van der Waals surface area contributed by atoms with Gasteiger partial charge in [0.1, 0.15) is 5.75 Å². The van der Waals surface area contributed by atoms with Gasteiger partial charge in [0.25, 0.3) is 0 Å². The molecule has 0 radical (unpaired) electrons. The molecule has 1 saturated carbocycles. The highest BCUT2D eigenvalue weighted by atomic mass is 16.5. The van der Waals surface area contributed by atoms with E-state index in [0.717, 1.165) is 29.0 Å². The van der Waals surface area contributed by atoms with Crippen LogP contribution < -0.4 is 10.5 Å². The standard InChI is InChI=1S/C15H18N2O2/c1-3-9-8-11(6-7-12(9)18-2)13-14(10-4-5-10)17-19-15(13)16/h6-8,10H,3-5,16H2,1-2H3. The molecule has 2 N–H and O–H groups in total. The van der Waals surface area contributed by atoms with E-state index in [9.17, 15) is 0 Å². The Morgan fingerprint density at radius 2 is 2.21 bits per heavy atom. The Balaban J connectivity index is 2.09. The van der Waals surface area contributed by atoms with Gasteiger partial charge in [-0.05, 0) is 42.5 Å². The summed E-state index contributed by atoms with van der Waals surface area (Å²) in [5, 5.41) is 4.12. The van der Waals surface area contributed by atoms with Crippen LogP contribution in [0.1, 0.15) is 36.9 Å². The molecule has 4 heteroatoms. The molecule has 19 heavy (non-hydrogen) atoms. The van der Waals surface area contributed by atoms with Gasteiger partial charge in [0, 0.05) is 5.92 Å². The Hall–Kier alpha value is -1.97. The Morgan fingerprint density at radius 1 is 1.42 bits per heavy atom. The van der Waals surface area contributed by atoms with Crippen LogP contribution in [0.25, 0.3) is 11.1 Å². The zero-order valence-corrected chi connectivity index (χ0v) is 11.3. The lowest BCUT2D eigenvalue weighted by Gasteiger charge is -2.09. The second-order valence-electron chi connectivity index (χ2n) is 4.96. The predicted octanol–water partition coefficient (Wildman–Crippen LogP) is 3.37. The second kappa shape index (κ2) is 4.61. The van der Waals surface area contributed by atoms with Crippen LogP contribution in [-0.2, 0) is 6.42 Å². The molecule has 0 bridgehead atoms. The molecule has 3 rings (SSSR count). The van der Waals surface area contributed by atoms with Crippen molar-refractivity contribution in [1.29, 1.82) is 0 Å². The molecule has 1 aliphatic carbocycles. The van der Waals surface area contributed by atoms with Gasteiger partial charge in [-0.3, -0.25) is 0 Å². The summed E-state index contributed by atoms with van der Waals surface area (Å²) in [6, 6.07) is 6.12. The number of benzene rings is 1. The Kier molecular flexibility index (Phi) is 2.93. The zero-order valence-electron chi connectivity index (χ0n) is 11.3. The van der Waals surface area contributed by atoms with E-state index in [1.165, 1.54) is 18.4 Å². The maximum absolute atomic E-state index is 5.94. The number of aromatic nitrogens is 1. The smallest absolute Gasteiger partial charge is 0.230 e. The van der Waals surface area contributed by atoms with Gasteiger partial charge < -0.3 is 15.0 Å². The highest BCUT2D eigenvalue weighted by molar-refractivity contribution is 5.77. The molecule has 0 spiro atoms. The number of nitrogen functional groups attached to an aromatic ring is 1. The van der Waals surface area contributed by atoms with E-state index in [2.05, 4.69) is 18.1 Å². The zero-order chi connectivity index (χ0) is 13.4. The molecule has 4 nitrogen and oxygen atoms in total. The third-order valence-corrected chi connectivity index (χ3v) is 3.66. The van der Waals surface area contributed by atoms with Crippen molar-refractivity contribution < 1.29 is 9.26 Å². The van der Waals surface area contributed by atoms with E-state index in [1.807, 2.05) is 12.1 Å². The summed E-state index contributed by atoms with van der Waals surface area (Å²) in [4.78, 5) is 0. The van der Waals surface area contributed by atoms with Crippen LogP contribution in [-0.4, -0.2) is 12.3 Å². The number of rotatable bonds is 4. The average molecular weight is 258 g/mol. The van der Waals surface area contributed by atoms with Crippen molar-refractivity contribution >= 4 is 5.88 Å². The van der Waals surface area contributed by atoms with Gasteiger partial charge >= 0.3 is 0 Å². The van der Waals surface area contributed by atoms with E-state index < -0.39 is 0 Å². The average Bonchev–Trinajstić information content (AvgIpc) is 3.21. The molecule has 1 aromatic heterocycles. The van der Waals surface area contributed by atoms with Crippen LogP contribution in [0.2, 0.25) is 0 Å². The maximum Gasteiger partial charge on any atom is 0.230 e. The third kappa shape index (κ3) is 2.07. The number of aryl methyl sites for hydroxylation is 1. The van der Waals surface area contributed by atoms with Gasteiger partial charge in [-0.25, -0.2) is 0 Å². The summed E-state index contributed by atoms with van der Waals surface area (Å²) in [5.74, 6) is 1.84. The number of ether oxygens (including phenoxy) is 1. The highest BCUT2D eigenvalue weighted by Gasteiger charge is 2.31. The molecule has 0 saturated heterocycles. The quantitative estimate of drug-likeness (QED) is 0.913. The molecule has 1 fully saturated rings. The third-order valence-electron chi connectivity index (χ3n) is 3.66. The molecule has 1 aliphatic rings. The monoisotopic (exact) mass is 258 g/mol. The van der Waals surface area contributed by atoms with E-state index in [4.69, 9.17) is 15.0 Å². The van der Waals surface area contributed by atoms with E-state index in [1.54, 1.807) is 7.11 Å². The summed E-state index contributed by atoms with van der Waals surface area (Å²) in [7, 11) is 1.69. The lowest BCUT2D eigenvalue weighted by atomic mass is 9.99. The molecule has 0 atom stereocenters. The Labute approximate surface area is 112 Å². The number of anilines is 1. The number of nitrogens with zero attached hydrogens (tertiary/aromatic N) is 1. The van der Waals surface area contributed by atoms with Crippen LogP contribution >= 0.6 is 0 Å². The van der Waals surface area contributed by atoms with Crippen molar-refractivity contribution in [1.82, 2.24) is 5.16 Å². The van der Waals surface area contributed by atoms with Gasteiger partial charge in [-0.2, -0.15) is 0 Å². The van der Waals surface area contributed by atoms with Gasteiger partial charge in [0.2, 0.25) is 5.88 Å². The van der Waals surface area contributed by atoms with Crippen molar-refractivity contribution in [3.05, 3.63) is 29.5 Å². The van der Waals surface area contributed by atoms with Gasteiger partial charge in [0.05, 0.1) is 18.4 Å². The Bertz CT molecular complexity index is 600. The molecule has 1 heterocycles. The summed E-state index contributed by atoms with van der Waals surface area (Å²) < 4.78 is 10.5. The summed E-state index contributed by atoms with van der Waals surface area (Å²) >= 11 is 0. The highest BCUT2D eigenvalue weighted by Crippen LogP contribution is 2.46. The van der Waals surface area contributed by atoms with Gasteiger partial charge in [-0.1, -0.05) is 18.1 Å². The van der Waals surface area contributed by atoms with E-state index in [-0.39, 0.29) is 0 Å². The fraction of sp³-hybridized carbons (Fsp3) is 0.400. The van der Waals surface area contributed by atoms with E-state index in [0.29, 0.717) is 11.8 Å². The molecule has 0 amide bonds. The molecular formula is C15H18N2O2. The van der Waals surface area contributed by atoms with Crippen LogP contribution in [0.4, 0.5) is 5.88 Å². The van der Waals surface area contributed by atoms with Crippen LogP contribution in [0.5, 0.6) is 5.75 Å². The normalized spacial score (nSPS) is 14.6. The van der Waals surface area contributed by atoms with Crippen molar-refractivity contribution in [2.75, 3.05) is 12.8 Å². The number of nitrogens with two attached hydrogens (primary N) is 1. The first kappa shape index (κ1) is 12.1. The number of hydrogen-bond acceptors (Lipinski definition) is 4. The van der Waals surface area contributed by atoms with Crippen molar-refractivity contribution in [2.24, 2.45) is 0 Å². The molecule has 0 unspecified atom stereocenters. The van der Waals surface area contributed by atoms with Gasteiger partial charge in [0.15, 0.2) is 0 Å². The Morgan fingerprint density at radius 3 is 2.84 bits per heavy atom. The van der Waals surface area contributed by atoms with Crippen LogP contribution in [0, 0.1) is 0 Å². The van der Waals surface area contributed by atoms with Gasteiger partial charge in [-0.15, -0.1) is 0 Å². The largest absolute Gasteiger partial charge is 0.496 e.